The van der Waals surface area contributed by atoms with E-state index in [1.165, 1.54) is 11.1 Å². The fourth-order valence-electron chi connectivity index (χ4n) is 2.03. The zero-order valence-corrected chi connectivity index (χ0v) is 11.5. The van der Waals surface area contributed by atoms with Crippen molar-refractivity contribution < 1.29 is 9.59 Å². The Morgan fingerprint density at radius 3 is 2.86 bits per heavy atom. The Bertz CT molecular complexity index is 685. The lowest BCUT2D eigenvalue weighted by Crippen LogP contribution is -2.47. The maximum Gasteiger partial charge on any atom is 0.251 e. The van der Waals surface area contributed by atoms with Crippen LogP contribution in [0.2, 0.25) is 0 Å². The molecular weight excluding hydrogens is 282 g/mol. The number of carbonyl (C=O) groups excluding carboxylic acids is 2. The Morgan fingerprint density at radius 2 is 2.18 bits per heavy atom. The number of hydrogen-bond acceptors (Lipinski definition) is 4. The van der Waals surface area contributed by atoms with Crippen molar-refractivity contribution in [2.24, 2.45) is 5.11 Å². The molecule has 1 N–H and O–H groups in total. The zero-order valence-electron chi connectivity index (χ0n) is 11.5. The number of nitrogens with zero attached hydrogens (tertiary/aromatic N) is 4. The van der Waals surface area contributed by atoms with Gasteiger partial charge in [0.25, 0.3) is 5.91 Å². The highest BCUT2D eigenvalue weighted by atomic mass is 16.1. The third kappa shape index (κ3) is 3.64. The highest BCUT2D eigenvalue weighted by Crippen LogP contribution is 2.14. The maximum atomic E-state index is 12.2. The molecule has 2 unspecified atom stereocenters. The van der Waals surface area contributed by atoms with Crippen molar-refractivity contribution in [1.29, 1.82) is 0 Å². The van der Waals surface area contributed by atoms with Crippen molar-refractivity contribution in [3.05, 3.63) is 77.0 Å². The van der Waals surface area contributed by atoms with E-state index in [1.54, 1.807) is 60.7 Å². The van der Waals surface area contributed by atoms with Crippen molar-refractivity contribution in [3.8, 4) is 0 Å². The molecule has 2 atom stereocenters. The standard InChI is InChI=1S/C15H13N5O2/c16-19-18-14(13-8-4-5-9-20(13)10-11-21)17-15(22)12-6-2-1-3-7-12/h1-10,13-14H,(H,17,22). The van der Waals surface area contributed by atoms with Crippen LogP contribution in [0.25, 0.3) is 10.4 Å². The van der Waals surface area contributed by atoms with E-state index in [0.717, 1.165) is 0 Å². The molecule has 2 rings (SSSR count). The number of hydrogen-bond donors (Lipinski definition) is 1. The van der Waals surface area contributed by atoms with Crippen LogP contribution in [0.1, 0.15) is 10.4 Å². The Balaban J connectivity index is 2.21. The van der Waals surface area contributed by atoms with Crippen molar-refractivity contribution in [2.45, 2.75) is 12.2 Å². The average Bonchev–Trinajstić information content (AvgIpc) is 2.56. The molecule has 0 fully saturated rings. The van der Waals surface area contributed by atoms with Gasteiger partial charge < -0.3 is 10.2 Å². The highest BCUT2D eigenvalue weighted by Gasteiger charge is 2.25. The summed E-state index contributed by atoms with van der Waals surface area (Å²) in [5, 5.41) is 6.27. The van der Waals surface area contributed by atoms with Gasteiger partial charge in [-0.25, -0.2) is 4.79 Å². The summed E-state index contributed by atoms with van der Waals surface area (Å²) < 4.78 is 0. The minimum Gasteiger partial charge on any atom is -0.341 e. The molecule has 1 aromatic rings. The summed E-state index contributed by atoms with van der Waals surface area (Å²) in [6.07, 6.45) is 7.12. The Labute approximate surface area is 126 Å². The first kappa shape index (κ1) is 15.1. The molecule has 0 aliphatic carbocycles. The van der Waals surface area contributed by atoms with Gasteiger partial charge in [-0.3, -0.25) is 4.79 Å². The fourth-order valence-corrected chi connectivity index (χ4v) is 2.03. The molecule has 110 valence electrons. The molecule has 22 heavy (non-hydrogen) atoms. The van der Waals surface area contributed by atoms with Crippen LogP contribution in [-0.2, 0) is 4.79 Å². The second-order valence-corrected chi connectivity index (χ2v) is 4.40. The van der Waals surface area contributed by atoms with Crippen molar-refractivity contribution in [1.82, 2.24) is 10.2 Å². The molecule has 1 aliphatic heterocycles. The number of carbonyl (C=O) groups is 1. The lowest BCUT2D eigenvalue weighted by atomic mass is 10.1. The minimum atomic E-state index is -0.872. The number of azide groups is 1. The van der Waals surface area contributed by atoms with E-state index >= 15 is 0 Å². The SMILES string of the molecule is [N-]=[N+]=NC(NC(=O)c1ccccc1)C1C=CC=CN1C=C=O. The predicted octanol–water partition coefficient (Wildman–Crippen LogP) is 2.15. The second-order valence-electron chi connectivity index (χ2n) is 4.40. The van der Waals surface area contributed by atoms with Crippen LogP contribution in [0, 0.1) is 0 Å². The topological polar surface area (TPSA) is 98.2 Å². The van der Waals surface area contributed by atoms with Crippen LogP contribution in [0.4, 0.5) is 0 Å². The summed E-state index contributed by atoms with van der Waals surface area (Å²) in [5.74, 6) is 1.30. The summed E-state index contributed by atoms with van der Waals surface area (Å²) in [6.45, 7) is 0. The highest BCUT2D eigenvalue weighted by molar-refractivity contribution is 5.94. The van der Waals surface area contributed by atoms with E-state index in [-0.39, 0.29) is 5.91 Å². The van der Waals surface area contributed by atoms with Crippen LogP contribution in [0.5, 0.6) is 0 Å². The van der Waals surface area contributed by atoms with Crippen molar-refractivity contribution in [3.63, 3.8) is 0 Å². The van der Waals surface area contributed by atoms with Crippen LogP contribution < -0.4 is 5.32 Å². The average molecular weight is 295 g/mol. The normalized spacial score (nSPS) is 17.1. The number of rotatable bonds is 5. The smallest absolute Gasteiger partial charge is 0.251 e. The van der Waals surface area contributed by atoms with E-state index < -0.39 is 12.2 Å². The van der Waals surface area contributed by atoms with E-state index in [0.29, 0.717) is 5.56 Å². The Morgan fingerprint density at radius 1 is 1.41 bits per heavy atom. The number of benzene rings is 1. The molecule has 7 nitrogen and oxygen atoms in total. The molecule has 1 amide bonds. The maximum absolute atomic E-state index is 12.2. The first-order chi connectivity index (χ1) is 10.8. The Kier molecular flexibility index (Phi) is 5.15. The van der Waals surface area contributed by atoms with Crippen LogP contribution in [0.15, 0.2) is 66.1 Å². The first-order valence-corrected chi connectivity index (χ1v) is 6.50. The minimum absolute atomic E-state index is 0.365. The van der Waals surface area contributed by atoms with Gasteiger partial charge in [0.05, 0.1) is 12.2 Å². The van der Waals surface area contributed by atoms with Gasteiger partial charge in [-0.1, -0.05) is 35.5 Å². The van der Waals surface area contributed by atoms with Crippen LogP contribution >= 0.6 is 0 Å². The van der Waals surface area contributed by atoms with Gasteiger partial charge >= 0.3 is 0 Å². The Hall–Kier alpha value is -3.27. The molecule has 0 bridgehead atoms. The van der Waals surface area contributed by atoms with Gasteiger partial charge in [0.1, 0.15) is 12.1 Å². The molecule has 0 aromatic heterocycles. The van der Waals surface area contributed by atoms with E-state index in [1.807, 2.05) is 0 Å². The van der Waals surface area contributed by atoms with Gasteiger partial charge in [0, 0.05) is 16.7 Å². The summed E-state index contributed by atoms with van der Waals surface area (Å²) in [6, 6.07) is 8.08. The summed E-state index contributed by atoms with van der Waals surface area (Å²) >= 11 is 0. The van der Waals surface area contributed by atoms with Gasteiger partial charge in [-0.15, -0.1) is 0 Å². The van der Waals surface area contributed by atoms with Gasteiger partial charge in [0.2, 0.25) is 0 Å². The molecule has 7 heteroatoms. The lowest BCUT2D eigenvalue weighted by molar-refractivity contribution is 0.0926. The molecule has 0 saturated heterocycles. The zero-order chi connectivity index (χ0) is 15.8. The van der Waals surface area contributed by atoms with Crippen LogP contribution in [0.3, 0.4) is 0 Å². The van der Waals surface area contributed by atoms with Crippen molar-refractivity contribution in [2.75, 3.05) is 0 Å². The third-order valence-electron chi connectivity index (χ3n) is 3.04. The van der Waals surface area contributed by atoms with E-state index in [2.05, 4.69) is 15.3 Å². The molecule has 1 heterocycles. The molecule has 1 aromatic carbocycles. The molecule has 0 spiro atoms. The number of amides is 1. The van der Waals surface area contributed by atoms with E-state index in [4.69, 9.17) is 5.53 Å². The molecular formula is C15H13N5O2. The summed E-state index contributed by atoms with van der Waals surface area (Å²) in [7, 11) is 0. The van der Waals surface area contributed by atoms with Gasteiger partial charge in [-0.05, 0) is 23.7 Å². The lowest BCUT2D eigenvalue weighted by Gasteiger charge is -2.30. The summed E-state index contributed by atoms with van der Waals surface area (Å²) in [5.41, 5.74) is 9.18. The predicted molar refractivity (Wildman–Crippen MR) is 81.0 cm³/mol. The van der Waals surface area contributed by atoms with Crippen LogP contribution in [-0.4, -0.2) is 29.0 Å². The van der Waals surface area contributed by atoms with Gasteiger partial charge in [-0.2, -0.15) is 0 Å². The number of nitrogens with one attached hydrogen (secondary N) is 1. The monoisotopic (exact) mass is 295 g/mol. The number of allylic oxidation sites excluding steroid dienone is 2. The second kappa shape index (κ2) is 7.50. The van der Waals surface area contributed by atoms with Gasteiger partial charge in [0.15, 0.2) is 0 Å². The molecule has 0 radical (unpaired) electrons. The van der Waals surface area contributed by atoms with E-state index in [9.17, 15) is 9.59 Å². The quantitative estimate of drug-likeness (QED) is 0.390. The first-order valence-electron chi connectivity index (χ1n) is 6.50. The third-order valence-corrected chi connectivity index (χ3v) is 3.04. The summed E-state index contributed by atoms with van der Waals surface area (Å²) in [4.78, 5) is 27.0. The molecule has 0 saturated carbocycles. The molecule has 1 aliphatic rings. The largest absolute Gasteiger partial charge is 0.341 e. The fraction of sp³-hybridized carbons (Fsp3) is 0.133. The van der Waals surface area contributed by atoms with Crippen molar-refractivity contribution >= 4 is 11.8 Å².